The summed E-state index contributed by atoms with van der Waals surface area (Å²) in [5.74, 6) is -1.26. The first-order valence-corrected chi connectivity index (χ1v) is 3.45. The van der Waals surface area contributed by atoms with E-state index in [0.717, 1.165) is 7.11 Å². The van der Waals surface area contributed by atoms with Gasteiger partial charge in [0.2, 0.25) is 5.60 Å². The van der Waals surface area contributed by atoms with Gasteiger partial charge in [-0.2, -0.15) is 0 Å². The van der Waals surface area contributed by atoms with Gasteiger partial charge in [0.05, 0.1) is 7.11 Å². The SMILES string of the molecule is COC(=O)C1(O)CCCC1=O. The molecule has 62 valence electrons. The van der Waals surface area contributed by atoms with Gasteiger partial charge >= 0.3 is 5.97 Å². The average molecular weight is 158 g/mol. The average Bonchev–Trinajstić information content (AvgIpc) is 2.32. The van der Waals surface area contributed by atoms with Crippen molar-refractivity contribution in [1.29, 1.82) is 0 Å². The van der Waals surface area contributed by atoms with Crippen LogP contribution in [0.4, 0.5) is 0 Å². The molecule has 1 unspecified atom stereocenters. The summed E-state index contributed by atoms with van der Waals surface area (Å²) in [5, 5.41) is 9.40. The highest BCUT2D eigenvalue weighted by molar-refractivity contribution is 6.08. The zero-order valence-electron chi connectivity index (χ0n) is 6.29. The number of ketones is 1. The van der Waals surface area contributed by atoms with Gasteiger partial charge in [-0.3, -0.25) is 4.79 Å². The highest BCUT2D eigenvalue weighted by Crippen LogP contribution is 2.26. The van der Waals surface area contributed by atoms with Crippen molar-refractivity contribution in [3.05, 3.63) is 0 Å². The van der Waals surface area contributed by atoms with Crippen molar-refractivity contribution >= 4 is 11.8 Å². The van der Waals surface area contributed by atoms with Crippen molar-refractivity contribution in [2.75, 3.05) is 7.11 Å². The molecule has 1 aliphatic rings. The number of esters is 1. The molecule has 1 atom stereocenters. The fourth-order valence-electron chi connectivity index (χ4n) is 1.24. The maximum absolute atomic E-state index is 10.9. The molecule has 0 radical (unpaired) electrons. The van der Waals surface area contributed by atoms with Crippen molar-refractivity contribution in [2.24, 2.45) is 0 Å². The molecule has 11 heavy (non-hydrogen) atoms. The molecule has 0 bridgehead atoms. The summed E-state index contributed by atoms with van der Waals surface area (Å²) >= 11 is 0. The number of Topliss-reactive ketones (excluding diaryl/α,β-unsaturated/α-hetero) is 1. The van der Waals surface area contributed by atoms with Crippen LogP contribution in [0.1, 0.15) is 19.3 Å². The molecule has 1 rings (SSSR count). The van der Waals surface area contributed by atoms with Crippen LogP contribution in [0.5, 0.6) is 0 Å². The summed E-state index contributed by atoms with van der Waals surface area (Å²) in [5.41, 5.74) is -1.84. The quantitative estimate of drug-likeness (QED) is 0.418. The van der Waals surface area contributed by atoms with Gasteiger partial charge in [-0.15, -0.1) is 0 Å². The summed E-state index contributed by atoms with van der Waals surface area (Å²) in [6, 6.07) is 0. The van der Waals surface area contributed by atoms with Crippen molar-refractivity contribution in [3.63, 3.8) is 0 Å². The third-order valence-electron chi connectivity index (χ3n) is 1.93. The number of ether oxygens (including phenoxy) is 1. The second kappa shape index (κ2) is 2.62. The molecule has 0 aliphatic heterocycles. The maximum atomic E-state index is 10.9. The number of hydrogen-bond donors (Lipinski definition) is 1. The van der Waals surface area contributed by atoms with Gasteiger partial charge < -0.3 is 9.84 Å². The Kier molecular flexibility index (Phi) is 1.95. The van der Waals surface area contributed by atoms with E-state index < -0.39 is 17.4 Å². The fraction of sp³-hybridized carbons (Fsp3) is 0.714. The molecule has 0 aromatic heterocycles. The molecular weight excluding hydrogens is 148 g/mol. The van der Waals surface area contributed by atoms with Crippen molar-refractivity contribution in [1.82, 2.24) is 0 Å². The van der Waals surface area contributed by atoms with Gasteiger partial charge in [0, 0.05) is 6.42 Å². The van der Waals surface area contributed by atoms with Gasteiger partial charge in [-0.05, 0) is 12.8 Å². The molecular formula is C7H10O4. The lowest BCUT2D eigenvalue weighted by Crippen LogP contribution is -2.43. The second-order valence-electron chi connectivity index (χ2n) is 2.63. The Balaban J connectivity index is 2.80. The van der Waals surface area contributed by atoms with Crippen molar-refractivity contribution in [3.8, 4) is 0 Å². The van der Waals surface area contributed by atoms with E-state index in [1.807, 2.05) is 0 Å². The van der Waals surface area contributed by atoms with Crippen LogP contribution in [-0.2, 0) is 14.3 Å². The maximum Gasteiger partial charge on any atom is 0.345 e. The van der Waals surface area contributed by atoms with E-state index in [4.69, 9.17) is 0 Å². The molecule has 1 aliphatic carbocycles. The predicted molar refractivity (Wildman–Crippen MR) is 35.8 cm³/mol. The van der Waals surface area contributed by atoms with E-state index in [1.165, 1.54) is 0 Å². The standard InChI is InChI=1S/C7H10O4/c1-11-6(9)7(10)4-2-3-5(7)8/h10H,2-4H2,1H3. The molecule has 4 nitrogen and oxygen atoms in total. The lowest BCUT2D eigenvalue weighted by molar-refractivity contribution is -0.165. The minimum atomic E-state index is -1.84. The normalized spacial score (nSPS) is 30.5. The molecule has 1 fully saturated rings. The molecule has 0 saturated heterocycles. The number of rotatable bonds is 1. The Morgan fingerprint density at radius 3 is 2.73 bits per heavy atom. The Morgan fingerprint density at radius 2 is 2.36 bits per heavy atom. The summed E-state index contributed by atoms with van der Waals surface area (Å²) in [7, 11) is 1.16. The summed E-state index contributed by atoms with van der Waals surface area (Å²) in [6.07, 6.45) is 1.02. The number of methoxy groups -OCH3 is 1. The molecule has 4 heteroatoms. The lowest BCUT2D eigenvalue weighted by atomic mass is 10.0. The monoisotopic (exact) mass is 158 g/mol. The van der Waals surface area contributed by atoms with E-state index in [9.17, 15) is 14.7 Å². The first-order chi connectivity index (χ1) is 5.11. The molecule has 0 aromatic carbocycles. The predicted octanol–water partition coefficient (Wildman–Crippen LogP) is -0.357. The van der Waals surface area contributed by atoms with Gasteiger partial charge in [0.15, 0.2) is 5.78 Å². The first kappa shape index (κ1) is 8.20. The van der Waals surface area contributed by atoms with Gasteiger partial charge in [0.25, 0.3) is 0 Å². The molecule has 0 amide bonds. The number of carbonyl (C=O) groups is 2. The van der Waals surface area contributed by atoms with Crippen LogP contribution >= 0.6 is 0 Å². The Labute approximate surface area is 64.2 Å². The van der Waals surface area contributed by atoms with Crippen LogP contribution in [0.2, 0.25) is 0 Å². The van der Waals surface area contributed by atoms with Crippen LogP contribution in [-0.4, -0.2) is 29.6 Å². The Bertz CT molecular complexity index is 199. The van der Waals surface area contributed by atoms with E-state index in [1.54, 1.807) is 0 Å². The Morgan fingerprint density at radius 1 is 1.73 bits per heavy atom. The smallest absolute Gasteiger partial charge is 0.345 e. The van der Waals surface area contributed by atoms with E-state index >= 15 is 0 Å². The number of aliphatic hydroxyl groups is 1. The highest BCUT2D eigenvalue weighted by atomic mass is 16.5. The third kappa shape index (κ3) is 1.14. The molecule has 1 N–H and O–H groups in total. The van der Waals surface area contributed by atoms with E-state index in [-0.39, 0.29) is 12.8 Å². The third-order valence-corrected chi connectivity index (χ3v) is 1.93. The van der Waals surface area contributed by atoms with Gasteiger partial charge in [-0.25, -0.2) is 4.79 Å². The summed E-state index contributed by atoms with van der Waals surface area (Å²) < 4.78 is 4.30. The zero-order valence-corrected chi connectivity index (χ0v) is 6.29. The number of hydrogen-bond acceptors (Lipinski definition) is 4. The van der Waals surface area contributed by atoms with Crippen LogP contribution < -0.4 is 0 Å². The lowest BCUT2D eigenvalue weighted by Gasteiger charge is -2.15. The van der Waals surface area contributed by atoms with Crippen LogP contribution in [0.3, 0.4) is 0 Å². The van der Waals surface area contributed by atoms with Crippen LogP contribution in [0.25, 0.3) is 0 Å². The summed E-state index contributed by atoms with van der Waals surface area (Å²) in [6.45, 7) is 0. The van der Waals surface area contributed by atoms with Gasteiger partial charge in [-0.1, -0.05) is 0 Å². The topological polar surface area (TPSA) is 63.6 Å². The molecule has 0 aromatic rings. The number of carbonyl (C=O) groups excluding carboxylic acids is 2. The fourth-order valence-corrected chi connectivity index (χ4v) is 1.24. The van der Waals surface area contributed by atoms with Gasteiger partial charge in [0.1, 0.15) is 0 Å². The van der Waals surface area contributed by atoms with E-state index in [2.05, 4.69) is 4.74 Å². The minimum absolute atomic E-state index is 0.193. The Hall–Kier alpha value is -0.900. The second-order valence-corrected chi connectivity index (χ2v) is 2.63. The van der Waals surface area contributed by atoms with Crippen molar-refractivity contribution in [2.45, 2.75) is 24.9 Å². The minimum Gasteiger partial charge on any atom is -0.467 e. The molecule has 0 heterocycles. The largest absolute Gasteiger partial charge is 0.467 e. The molecule has 0 spiro atoms. The van der Waals surface area contributed by atoms with Crippen LogP contribution in [0.15, 0.2) is 0 Å². The van der Waals surface area contributed by atoms with Crippen LogP contribution in [0, 0.1) is 0 Å². The first-order valence-electron chi connectivity index (χ1n) is 3.45. The highest BCUT2D eigenvalue weighted by Gasteiger charge is 2.47. The van der Waals surface area contributed by atoms with Crippen molar-refractivity contribution < 1.29 is 19.4 Å². The summed E-state index contributed by atoms with van der Waals surface area (Å²) in [4.78, 5) is 21.8. The molecule has 1 saturated carbocycles. The van der Waals surface area contributed by atoms with E-state index in [0.29, 0.717) is 6.42 Å². The zero-order chi connectivity index (χ0) is 8.48.